The Morgan fingerprint density at radius 2 is 2.12 bits per heavy atom. The summed E-state index contributed by atoms with van der Waals surface area (Å²) in [6.45, 7) is 0.420. The molecular formula is C18H17FN2O2S. The number of carbonyl (C=O) groups excluding carboxylic acids is 1. The topological polar surface area (TPSA) is 62.1 Å². The molecule has 0 aliphatic heterocycles. The standard InChI is InChI=1S/C18H17FN2O2S/c1-23-15-6-7-16(17(19)10-15)18(22)21-8-9-24-12-14-5-3-2-4-13(14)11-20/h2-7,10H,8-9,12H2,1H3,(H,21,22). The number of rotatable bonds is 7. The molecule has 124 valence electrons. The van der Waals surface area contributed by atoms with Crippen LogP contribution in [0.4, 0.5) is 4.39 Å². The van der Waals surface area contributed by atoms with E-state index in [-0.39, 0.29) is 5.56 Å². The number of hydrogen-bond donors (Lipinski definition) is 1. The van der Waals surface area contributed by atoms with Gasteiger partial charge in [0, 0.05) is 24.1 Å². The third-order valence-corrected chi connectivity index (χ3v) is 4.36. The minimum absolute atomic E-state index is 0.00405. The molecule has 0 unspecified atom stereocenters. The van der Waals surface area contributed by atoms with Crippen molar-refractivity contribution in [2.24, 2.45) is 0 Å². The molecule has 1 amide bonds. The highest BCUT2D eigenvalue weighted by atomic mass is 32.2. The molecule has 0 atom stereocenters. The average molecular weight is 344 g/mol. The molecule has 4 nitrogen and oxygen atoms in total. The Bertz CT molecular complexity index is 759. The van der Waals surface area contributed by atoms with E-state index in [0.717, 1.165) is 5.56 Å². The number of amides is 1. The maximum absolute atomic E-state index is 13.8. The number of nitrogens with zero attached hydrogens (tertiary/aromatic N) is 1. The number of nitrogens with one attached hydrogen (secondary N) is 1. The van der Waals surface area contributed by atoms with Gasteiger partial charge in [-0.2, -0.15) is 17.0 Å². The van der Waals surface area contributed by atoms with Crippen molar-refractivity contribution in [1.29, 1.82) is 5.26 Å². The molecule has 24 heavy (non-hydrogen) atoms. The molecule has 0 aliphatic rings. The molecule has 6 heteroatoms. The van der Waals surface area contributed by atoms with E-state index in [9.17, 15) is 9.18 Å². The van der Waals surface area contributed by atoms with Crippen LogP contribution in [0.25, 0.3) is 0 Å². The molecule has 2 aromatic carbocycles. The van der Waals surface area contributed by atoms with Crippen LogP contribution in [0.15, 0.2) is 42.5 Å². The Morgan fingerprint density at radius 1 is 1.33 bits per heavy atom. The van der Waals surface area contributed by atoms with Crippen molar-refractivity contribution in [1.82, 2.24) is 5.32 Å². The largest absolute Gasteiger partial charge is 0.497 e. The van der Waals surface area contributed by atoms with Crippen LogP contribution in [-0.4, -0.2) is 25.3 Å². The van der Waals surface area contributed by atoms with Crippen LogP contribution >= 0.6 is 11.8 Å². The Balaban J connectivity index is 1.78. The lowest BCUT2D eigenvalue weighted by Crippen LogP contribution is -2.26. The Labute approximate surface area is 144 Å². The second kappa shape index (κ2) is 8.94. The zero-order valence-corrected chi connectivity index (χ0v) is 14.0. The van der Waals surface area contributed by atoms with Gasteiger partial charge >= 0.3 is 0 Å². The molecule has 2 rings (SSSR count). The maximum atomic E-state index is 13.8. The van der Waals surface area contributed by atoms with Crippen LogP contribution in [0.2, 0.25) is 0 Å². The molecule has 2 aromatic rings. The van der Waals surface area contributed by atoms with E-state index < -0.39 is 11.7 Å². The summed E-state index contributed by atoms with van der Waals surface area (Å²) < 4.78 is 18.7. The fourth-order valence-corrected chi connectivity index (χ4v) is 2.94. The maximum Gasteiger partial charge on any atom is 0.254 e. The first-order valence-corrected chi connectivity index (χ1v) is 8.48. The molecule has 0 radical (unpaired) electrons. The Morgan fingerprint density at radius 3 is 2.83 bits per heavy atom. The van der Waals surface area contributed by atoms with Gasteiger partial charge < -0.3 is 10.1 Å². The molecule has 0 saturated heterocycles. The molecule has 1 N–H and O–H groups in total. The van der Waals surface area contributed by atoms with Crippen LogP contribution in [0.1, 0.15) is 21.5 Å². The zero-order chi connectivity index (χ0) is 17.4. The van der Waals surface area contributed by atoms with Crippen LogP contribution in [0.5, 0.6) is 5.75 Å². The van der Waals surface area contributed by atoms with Crippen molar-refractivity contribution < 1.29 is 13.9 Å². The number of ether oxygens (including phenoxy) is 1. The predicted octanol–water partition coefficient (Wildman–Crippen LogP) is 3.37. The molecule has 0 bridgehead atoms. The third kappa shape index (κ3) is 4.74. The zero-order valence-electron chi connectivity index (χ0n) is 13.2. The van der Waals surface area contributed by atoms with Gasteiger partial charge in [-0.3, -0.25) is 4.79 Å². The van der Waals surface area contributed by atoms with Crippen molar-refractivity contribution in [3.8, 4) is 11.8 Å². The SMILES string of the molecule is COc1ccc(C(=O)NCCSCc2ccccc2C#N)c(F)c1. The lowest BCUT2D eigenvalue weighted by molar-refractivity contribution is 0.0952. The van der Waals surface area contributed by atoms with Gasteiger partial charge in [-0.25, -0.2) is 4.39 Å². The van der Waals surface area contributed by atoms with Gasteiger partial charge in [0.2, 0.25) is 0 Å². The summed E-state index contributed by atoms with van der Waals surface area (Å²) in [5.74, 6) is 0.672. The summed E-state index contributed by atoms with van der Waals surface area (Å²) >= 11 is 1.60. The van der Waals surface area contributed by atoms with Crippen molar-refractivity contribution in [2.75, 3.05) is 19.4 Å². The highest BCUT2D eigenvalue weighted by molar-refractivity contribution is 7.98. The van der Waals surface area contributed by atoms with Gasteiger partial charge in [0.15, 0.2) is 0 Å². The Kier molecular flexibility index (Phi) is 6.64. The van der Waals surface area contributed by atoms with E-state index in [4.69, 9.17) is 10.00 Å². The quantitative estimate of drug-likeness (QED) is 0.782. The predicted molar refractivity (Wildman–Crippen MR) is 92.6 cm³/mol. The van der Waals surface area contributed by atoms with E-state index >= 15 is 0 Å². The molecule has 0 spiro atoms. The third-order valence-electron chi connectivity index (χ3n) is 3.35. The highest BCUT2D eigenvalue weighted by Crippen LogP contribution is 2.17. The number of nitriles is 1. The number of methoxy groups -OCH3 is 1. The summed E-state index contributed by atoms with van der Waals surface area (Å²) in [7, 11) is 1.44. The van der Waals surface area contributed by atoms with E-state index in [2.05, 4.69) is 11.4 Å². The lowest BCUT2D eigenvalue weighted by Gasteiger charge is -2.08. The molecule has 0 heterocycles. The monoisotopic (exact) mass is 344 g/mol. The Hall–Kier alpha value is -2.52. The molecule has 0 aromatic heterocycles. The summed E-state index contributed by atoms with van der Waals surface area (Å²) in [5, 5.41) is 11.7. The summed E-state index contributed by atoms with van der Waals surface area (Å²) in [5.41, 5.74) is 1.63. The van der Waals surface area contributed by atoms with E-state index in [0.29, 0.717) is 29.4 Å². The van der Waals surface area contributed by atoms with Crippen LogP contribution in [0, 0.1) is 17.1 Å². The van der Waals surface area contributed by atoms with Crippen LogP contribution in [0.3, 0.4) is 0 Å². The number of carbonyl (C=O) groups is 1. The van der Waals surface area contributed by atoms with Crippen molar-refractivity contribution in [3.05, 3.63) is 65.0 Å². The number of thioether (sulfide) groups is 1. The molecule has 0 fully saturated rings. The minimum atomic E-state index is -0.609. The van der Waals surface area contributed by atoms with Gasteiger partial charge in [-0.05, 0) is 23.8 Å². The normalized spacial score (nSPS) is 10.0. The first-order valence-electron chi connectivity index (χ1n) is 7.33. The first-order chi connectivity index (χ1) is 11.7. The van der Waals surface area contributed by atoms with Gasteiger partial charge in [0.1, 0.15) is 11.6 Å². The van der Waals surface area contributed by atoms with Crippen molar-refractivity contribution >= 4 is 17.7 Å². The van der Waals surface area contributed by atoms with Gasteiger partial charge in [0.25, 0.3) is 5.91 Å². The van der Waals surface area contributed by atoms with E-state index in [1.807, 2.05) is 18.2 Å². The van der Waals surface area contributed by atoms with Crippen LogP contribution < -0.4 is 10.1 Å². The summed E-state index contributed by atoms with van der Waals surface area (Å²) in [4.78, 5) is 12.0. The molecule has 0 aliphatic carbocycles. The summed E-state index contributed by atoms with van der Waals surface area (Å²) in [6.07, 6.45) is 0. The van der Waals surface area contributed by atoms with Crippen molar-refractivity contribution in [3.63, 3.8) is 0 Å². The molecule has 0 saturated carbocycles. The lowest BCUT2D eigenvalue weighted by atomic mass is 10.1. The fourth-order valence-electron chi connectivity index (χ4n) is 2.08. The van der Waals surface area contributed by atoms with E-state index in [1.54, 1.807) is 23.9 Å². The number of hydrogen-bond acceptors (Lipinski definition) is 4. The number of benzene rings is 2. The van der Waals surface area contributed by atoms with Gasteiger partial charge in [-0.15, -0.1) is 0 Å². The number of halogens is 1. The summed E-state index contributed by atoms with van der Waals surface area (Å²) in [6, 6.07) is 13.7. The highest BCUT2D eigenvalue weighted by Gasteiger charge is 2.12. The van der Waals surface area contributed by atoms with Gasteiger partial charge in [0.05, 0.1) is 24.3 Å². The second-order valence-corrected chi connectivity index (χ2v) is 6.03. The van der Waals surface area contributed by atoms with Crippen molar-refractivity contribution in [2.45, 2.75) is 5.75 Å². The smallest absolute Gasteiger partial charge is 0.254 e. The first kappa shape index (κ1) is 17.8. The average Bonchev–Trinajstić information content (AvgIpc) is 2.61. The fraction of sp³-hybridized carbons (Fsp3) is 0.222. The van der Waals surface area contributed by atoms with E-state index in [1.165, 1.54) is 19.2 Å². The van der Waals surface area contributed by atoms with Gasteiger partial charge in [-0.1, -0.05) is 18.2 Å². The second-order valence-electron chi connectivity index (χ2n) is 4.92. The minimum Gasteiger partial charge on any atom is -0.497 e. The molecular weight excluding hydrogens is 327 g/mol. The van der Waals surface area contributed by atoms with Crippen LogP contribution in [-0.2, 0) is 5.75 Å².